The van der Waals surface area contributed by atoms with Crippen LogP contribution in [0.2, 0.25) is 5.02 Å². The first-order valence-electron chi connectivity index (χ1n) is 7.19. The molecule has 20 heavy (non-hydrogen) atoms. The molecule has 1 aromatic carbocycles. The largest absolute Gasteiger partial charge is 0.300 e. The number of benzene rings is 1. The van der Waals surface area contributed by atoms with Crippen LogP contribution in [0.25, 0.3) is 0 Å². The predicted octanol–water partition coefficient (Wildman–Crippen LogP) is 4.80. The topological polar surface area (TPSA) is 20.3 Å². The van der Waals surface area contributed by atoms with Crippen LogP contribution in [0.3, 0.4) is 0 Å². The molecule has 2 nitrogen and oxygen atoms in total. The molecule has 1 heterocycles. The number of Topliss-reactive ketones (excluding diaryl/α,β-unsaturated/α-hetero) is 1. The van der Waals surface area contributed by atoms with Crippen LogP contribution in [0.15, 0.2) is 22.7 Å². The molecule has 1 aliphatic heterocycles. The fraction of sp³-hybridized carbons (Fsp3) is 0.562. The molecule has 110 valence electrons. The molecule has 2 atom stereocenters. The normalized spacial score (nSPS) is 23.8. The Bertz CT molecular complexity index is 491. The quantitative estimate of drug-likeness (QED) is 0.721. The summed E-state index contributed by atoms with van der Waals surface area (Å²) in [6, 6.07) is 6.02. The number of likely N-dealkylation sites (tertiary alicyclic amines) is 1. The number of carbonyl (C=O) groups is 1. The van der Waals surface area contributed by atoms with Crippen molar-refractivity contribution in [3.8, 4) is 0 Å². The zero-order valence-electron chi connectivity index (χ0n) is 12.0. The summed E-state index contributed by atoms with van der Waals surface area (Å²) in [6.45, 7) is 6.50. The maximum atomic E-state index is 12.3. The molecule has 0 aromatic heterocycles. The fourth-order valence-electron chi connectivity index (χ4n) is 2.88. The highest BCUT2D eigenvalue weighted by Gasteiger charge is 2.23. The first kappa shape index (κ1) is 16.0. The van der Waals surface area contributed by atoms with Crippen molar-refractivity contribution in [2.45, 2.75) is 39.2 Å². The molecule has 2 unspecified atom stereocenters. The van der Waals surface area contributed by atoms with Gasteiger partial charge >= 0.3 is 0 Å². The molecule has 1 aliphatic rings. The van der Waals surface area contributed by atoms with Crippen molar-refractivity contribution in [2.24, 2.45) is 5.92 Å². The average molecular weight is 359 g/mol. The van der Waals surface area contributed by atoms with Crippen LogP contribution >= 0.6 is 27.5 Å². The van der Waals surface area contributed by atoms with Gasteiger partial charge in [-0.15, -0.1) is 0 Å². The molecule has 0 spiro atoms. The molecule has 0 saturated carbocycles. The number of hydrogen-bond donors (Lipinski definition) is 0. The van der Waals surface area contributed by atoms with Gasteiger partial charge in [-0.1, -0.05) is 34.5 Å². The Hall–Kier alpha value is -0.380. The summed E-state index contributed by atoms with van der Waals surface area (Å²) in [6.07, 6.45) is 3.00. The number of piperidine rings is 1. The smallest absolute Gasteiger partial charge is 0.165 e. The van der Waals surface area contributed by atoms with Crippen molar-refractivity contribution in [1.82, 2.24) is 4.90 Å². The van der Waals surface area contributed by atoms with E-state index in [1.54, 1.807) is 12.1 Å². The van der Waals surface area contributed by atoms with Gasteiger partial charge in [0.2, 0.25) is 0 Å². The summed E-state index contributed by atoms with van der Waals surface area (Å²) >= 11 is 9.49. The van der Waals surface area contributed by atoms with Gasteiger partial charge in [-0.3, -0.25) is 4.79 Å². The van der Waals surface area contributed by atoms with Gasteiger partial charge in [0, 0.05) is 29.0 Å². The minimum absolute atomic E-state index is 0.133. The molecule has 0 bridgehead atoms. The summed E-state index contributed by atoms with van der Waals surface area (Å²) in [5.41, 5.74) is 0.632. The van der Waals surface area contributed by atoms with Gasteiger partial charge in [-0.05, 0) is 50.4 Å². The standard InChI is InChI=1S/C16H21BrClNO/c1-11-5-7-19(12(2)9-11)8-6-16(20)14-4-3-13(17)10-15(14)18/h3-4,10-12H,5-9H2,1-2H3. The van der Waals surface area contributed by atoms with Crippen LogP contribution in [0.4, 0.5) is 0 Å². The second-order valence-corrected chi connectivity index (χ2v) is 7.13. The maximum absolute atomic E-state index is 12.3. The third-order valence-corrected chi connectivity index (χ3v) is 4.94. The molecule has 1 fully saturated rings. The molecular weight excluding hydrogens is 338 g/mol. The summed E-state index contributed by atoms with van der Waals surface area (Å²) in [7, 11) is 0. The van der Waals surface area contributed by atoms with Crippen LogP contribution < -0.4 is 0 Å². The minimum Gasteiger partial charge on any atom is -0.300 e. The van der Waals surface area contributed by atoms with E-state index in [0.717, 1.165) is 23.5 Å². The van der Waals surface area contributed by atoms with Crippen LogP contribution in [-0.4, -0.2) is 29.8 Å². The van der Waals surface area contributed by atoms with E-state index in [1.807, 2.05) is 6.07 Å². The molecule has 0 N–H and O–H groups in total. The van der Waals surface area contributed by atoms with Crippen LogP contribution in [-0.2, 0) is 0 Å². The second-order valence-electron chi connectivity index (χ2n) is 5.81. The molecular formula is C16H21BrClNO. The predicted molar refractivity (Wildman–Crippen MR) is 87.5 cm³/mol. The van der Waals surface area contributed by atoms with E-state index in [-0.39, 0.29) is 5.78 Å². The number of halogens is 2. The molecule has 1 saturated heterocycles. The van der Waals surface area contributed by atoms with Crippen molar-refractivity contribution >= 4 is 33.3 Å². The second kappa shape index (κ2) is 7.06. The lowest BCUT2D eigenvalue weighted by molar-refractivity contribution is 0.0910. The van der Waals surface area contributed by atoms with Crippen molar-refractivity contribution in [3.05, 3.63) is 33.3 Å². The fourth-order valence-corrected chi connectivity index (χ4v) is 3.66. The van der Waals surface area contributed by atoms with Gasteiger partial charge in [0.15, 0.2) is 5.78 Å². The van der Waals surface area contributed by atoms with Crippen molar-refractivity contribution in [1.29, 1.82) is 0 Å². The molecule has 1 aromatic rings. The van der Waals surface area contributed by atoms with E-state index in [1.165, 1.54) is 12.8 Å². The number of hydrogen-bond acceptors (Lipinski definition) is 2. The SMILES string of the molecule is CC1CCN(CCC(=O)c2ccc(Br)cc2Cl)C(C)C1. The number of ketones is 1. The third kappa shape index (κ3) is 4.06. The lowest BCUT2D eigenvalue weighted by Crippen LogP contribution is -2.41. The first-order valence-corrected chi connectivity index (χ1v) is 8.36. The van der Waals surface area contributed by atoms with E-state index < -0.39 is 0 Å². The summed E-state index contributed by atoms with van der Waals surface area (Å²) in [5, 5.41) is 0.532. The molecule has 4 heteroatoms. The zero-order valence-corrected chi connectivity index (χ0v) is 14.4. The Kier molecular flexibility index (Phi) is 5.65. The monoisotopic (exact) mass is 357 g/mol. The van der Waals surface area contributed by atoms with Crippen molar-refractivity contribution in [3.63, 3.8) is 0 Å². The molecule has 0 aliphatic carbocycles. The van der Waals surface area contributed by atoms with Gasteiger partial charge in [0.05, 0.1) is 5.02 Å². The lowest BCUT2D eigenvalue weighted by atomic mass is 9.93. The van der Waals surface area contributed by atoms with Gasteiger partial charge in [0.1, 0.15) is 0 Å². The Morgan fingerprint density at radius 3 is 2.85 bits per heavy atom. The first-order chi connectivity index (χ1) is 9.47. The highest BCUT2D eigenvalue weighted by molar-refractivity contribution is 9.10. The lowest BCUT2D eigenvalue weighted by Gasteiger charge is -2.36. The molecule has 0 amide bonds. The van der Waals surface area contributed by atoms with E-state index in [4.69, 9.17) is 11.6 Å². The van der Waals surface area contributed by atoms with Gasteiger partial charge in [-0.25, -0.2) is 0 Å². The zero-order chi connectivity index (χ0) is 14.7. The third-order valence-electron chi connectivity index (χ3n) is 4.13. The number of nitrogens with zero attached hydrogens (tertiary/aromatic N) is 1. The van der Waals surface area contributed by atoms with E-state index in [0.29, 0.717) is 23.0 Å². The summed E-state index contributed by atoms with van der Waals surface area (Å²) < 4.78 is 0.901. The number of carbonyl (C=O) groups excluding carboxylic acids is 1. The van der Waals surface area contributed by atoms with Gasteiger partial charge in [-0.2, -0.15) is 0 Å². The van der Waals surface area contributed by atoms with Crippen LogP contribution in [0.1, 0.15) is 43.5 Å². The Labute approximate surface area is 134 Å². The Morgan fingerprint density at radius 1 is 1.45 bits per heavy atom. The van der Waals surface area contributed by atoms with Crippen molar-refractivity contribution in [2.75, 3.05) is 13.1 Å². The van der Waals surface area contributed by atoms with E-state index in [2.05, 4.69) is 34.7 Å². The summed E-state index contributed by atoms with van der Waals surface area (Å²) in [4.78, 5) is 14.7. The van der Waals surface area contributed by atoms with Crippen LogP contribution in [0, 0.1) is 5.92 Å². The molecule has 0 radical (unpaired) electrons. The minimum atomic E-state index is 0.133. The van der Waals surface area contributed by atoms with E-state index in [9.17, 15) is 4.79 Å². The maximum Gasteiger partial charge on any atom is 0.165 e. The highest BCUT2D eigenvalue weighted by Crippen LogP contribution is 2.24. The van der Waals surface area contributed by atoms with E-state index >= 15 is 0 Å². The van der Waals surface area contributed by atoms with Gasteiger partial charge < -0.3 is 4.90 Å². The summed E-state index contributed by atoms with van der Waals surface area (Å²) in [5.74, 6) is 0.936. The van der Waals surface area contributed by atoms with Crippen molar-refractivity contribution < 1.29 is 4.79 Å². The average Bonchev–Trinajstić information content (AvgIpc) is 2.37. The highest BCUT2D eigenvalue weighted by atomic mass is 79.9. The molecule has 2 rings (SSSR count). The number of rotatable bonds is 4. The Morgan fingerprint density at radius 2 is 2.20 bits per heavy atom. The van der Waals surface area contributed by atoms with Crippen LogP contribution in [0.5, 0.6) is 0 Å². The van der Waals surface area contributed by atoms with Gasteiger partial charge in [0.25, 0.3) is 0 Å². The Balaban J connectivity index is 1.92.